The third-order valence-electron chi connectivity index (χ3n) is 2.20. The van der Waals surface area contributed by atoms with E-state index in [9.17, 15) is 4.79 Å². The van der Waals surface area contributed by atoms with Crippen molar-refractivity contribution in [2.24, 2.45) is 5.92 Å². The van der Waals surface area contributed by atoms with Gasteiger partial charge in [-0.3, -0.25) is 4.79 Å². The van der Waals surface area contributed by atoms with Crippen LogP contribution in [-0.2, 0) is 9.53 Å². The van der Waals surface area contributed by atoms with E-state index in [1.165, 1.54) is 7.11 Å². The normalized spacial score (nSPS) is 27.5. The van der Waals surface area contributed by atoms with Gasteiger partial charge < -0.3 is 20.5 Å². The second kappa shape index (κ2) is 5.16. The van der Waals surface area contributed by atoms with Crippen LogP contribution in [0.3, 0.4) is 0 Å². The lowest BCUT2D eigenvalue weighted by molar-refractivity contribution is -0.125. The molecule has 13 heavy (non-hydrogen) atoms. The summed E-state index contributed by atoms with van der Waals surface area (Å²) in [5, 5.41) is 14.9. The van der Waals surface area contributed by atoms with E-state index in [0.717, 1.165) is 13.1 Å². The zero-order valence-electron chi connectivity index (χ0n) is 7.75. The molecule has 1 heterocycles. The fourth-order valence-electron chi connectivity index (χ4n) is 1.47. The van der Waals surface area contributed by atoms with Crippen molar-refractivity contribution in [3.05, 3.63) is 0 Å². The third-order valence-corrected chi connectivity index (χ3v) is 2.20. The van der Waals surface area contributed by atoms with Gasteiger partial charge in [-0.1, -0.05) is 0 Å². The van der Waals surface area contributed by atoms with Crippen LogP contribution < -0.4 is 10.6 Å². The van der Waals surface area contributed by atoms with Crippen LogP contribution in [0.15, 0.2) is 0 Å². The van der Waals surface area contributed by atoms with E-state index in [0.29, 0.717) is 0 Å². The molecule has 3 N–H and O–H groups in total. The Labute approximate surface area is 77.5 Å². The molecule has 1 fully saturated rings. The molecule has 0 radical (unpaired) electrons. The quantitative estimate of drug-likeness (QED) is 0.493. The SMILES string of the molecule is COCC(=O)NC1CNCC1CO. The second-order valence-electron chi connectivity index (χ2n) is 3.21. The average molecular weight is 188 g/mol. The molecule has 0 saturated carbocycles. The molecule has 5 heteroatoms. The molecule has 1 aliphatic heterocycles. The lowest BCUT2D eigenvalue weighted by Crippen LogP contribution is -2.42. The fourth-order valence-corrected chi connectivity index (χ4v) is 1.47. The second-order valence-corrected chi connectivity index (χ2v) is 3.21. The average Bonchev–Trinajstić information content (AvgIpc) is 2.52. The van der Waals surface area contributed by atoms with E-state index in [2.05, 4.69) is 15.4 Å². The maximum Gasteiger partial charge on any atom is 0.246 e. The highest BCUT2D eigenvalue weighted by Gasteiger charge is 2.27. The summed E-state index contributed by atoms with van der Waals surface area (Å²) in [7, 11) is 1.48. The summed E-state index contributed by atoms with van der Waals surface area (Å²) in [4.78, 5) is 11.1. The highest BCUT2D eigenvalue weighted by Crippen LogP contribution is 2.07. The number of aliphatic hydroxyl groups excluding tert-OH is 1. The zero-order valence-corrected chi connectivity index (χ0v) is 7.75. The predicted octanol–water partition coefficient (Wildman–Crippen LogP) is -1.67. The summed E-state index contributed by atoms with van der Waals surface area (Å²) >= 11 is 0. The van der Waals surface area contributed by atoms with Crippen molar-refractivity contribution < 1.29 is 14.6 Å². The Bertz CT molecular complexity index is 175. The summed E-state index contributed by atoms with van der Waals surface area (Å²) in [6, 6.07) is 0.0349. The first-order valence-electron chi connectivity index (χ1n) is 4.37. The molecule has 1 rings (SSSR count). The molecule has 76 valence electrons. The molecule has 2 atom stereocenters. The number of rotatable bonds is 4. The van der Waals surface area contributed by atoms with Gasteiger partial charge in [0.25, 0.3) is 0 Å². The van der Waals surface area contributed by atoms with Crippen molar-refractivity contribution in [3.8, 4) is 0 Å². The first-order valence-corrected chi connectivity index (χ1v) is 4.37. The number of aliphatic hydroxyl groups is 1. The largest absolute Gasteiger partial charge is 0.396 e. The van der Waals surface area contributed by atoms with E-state index >= 15 is 0 Å². The van der Waals surface area contributed by atoms with Crippen molar-refractivity contribution in [1.29, 1.82) is 0 Å². The minimum atomic E-state index is -0.130. The van der Waals surface area contributed by atoms with Crippen LogP contribution in [0.4, 0.5) is 0 Å². The van der Waals surface area contributed by atoms with Gasteiger partial charge in [-0.2, -0.15) is 0 Å². The molecule has 2 unspecified atom stereocenters. The van der Waals surface area contributed by atoms with Gasteiger partial charge in [0.15, 0.2) is 0 Å². The van der Waals surface area contributed by atoms with Crippen LogP contribution >= 0.6 is 0 Å². The summed E-state index contributed by atoms with van der Waals surface area (Å²) in [5.74, 6) is -0.00421. The molecule has 0 bridgehead atoms. The first kappa shape index (κ1) is 10.4. The number of hydrogen-bond acceptors (Lipinski definition) is 4. The Morgan fingerprint density at radius 3 is 3.08 bits per heavy atom. The number of ether oxygens (including phenoxy) is 1. The minimum absolute atomic E-state index is 0.0349. The van der Waals surface area contributed by atoms with Gasteiger partial charge in [0.1, 0.15) is 6.61 Å². The summed E-state index contributed by atoms with van der Waals surface area (Å²) in [5.41, 5.74) is 0. The van der Waals surface area contributed by atoms with E-state index in [1.807, 2.05) is 0 Å². The number of hydrogen-bond donors (Lipinski definition) is 3. The Kier molecular flexibility index (Phi) is 4.14. The summed E-state index contributed by atoms with van der Waals surface area (Å²) in [6.45, 7) is 1.66. The van der Waals surface area contributed by atoms with Gasteiger partial charge in [0, 0.05) is 38.8 Å². The molecule has 5 nitrogen and oxygen atoms in total. The number of carbonyl (C=O) groups excluding carboxylic acids is 1. The van der Waals surface area contributed by atoms with Crippen molar-refractivity contribution in [3.63, 3.8) is 0 Å². The van der Waals surface area contributed by atoms with Crippen LogP contribution in [-0.4, -0.2) is 50.5 Å². The highest BCUT2D eigenvalue weighted by molar-refractivity contribution is 5.77. The molecule has 1 amide bonds. The number of amides is 1. The number of carbonyl (C=O) groups is 1. The molecular weight excluding hydrogens is 172 g/mol. The third kappa shape index (κ3) is 2.95. The Morgan fingerprint density at radius 2 is 2.46 bits per heavy atom. The Hall–Kier alpha value is -0.650. The predicted molar refractivity (Wildman–Crippen MR) is 47.3 cm³/mol. The van der Waals surface area contributed by atoms with Crippen LogP contribution in [0.25, 0.3) is 0 Å². The van der Waals surface area contributed by atoms with E-state index < -0.39 is 0 Å². The van der Waals surface area contributed by atoms with Crippen molar-refractivity contribution >= 4 is 5.91 Å². The van der Waals surface area contributed by atoms with Crippen LogP contribution in [0.1, 0.15) is 0 Å². The zero-order chi connectivity index (χ0) is 9.68. The molecule has 0 spiro atoms. The Morgan fingerprint density at radius 1 is 1.69 bits per heavy atom. The van der Waals surface area contributed by atoms with Gasteiger partial charge in [-0.25, -0.2) is 0 Å². The maximum atomic E-state index is 11.1. The van der Waals surface area contributed by atoms with E-state index in [-0.39, 0.29) is 31.1 Å². The lowest BCUT2D eigenvalue weighted by atomic mass is 10.1. The van der Waals surface area contributed by atoms with Crippen LogP contribution in [0.5, 0.6) is 0 Å². The van der Waals surface area contributed by atoms with E-state index in [4.69, 9.17) is 5.11 Å². The molecule has 0 aromatic heterocycles. The minimum Gasteiger partial charge on any atom is -0.396 e. The molecule has 1 aliphatic rings. The van der Waals surface area contributed by atoms with Crippen LogP contribution in [0, 0.1) is 5.92 Å². The van der Waals surface area contributed by atoms with Gasteiger partial charge in [0.2, 0.25) is 5.91 Å². The van der Waals surface area contributed by atoms with Crippen molar-refractivity contribution in [2.45, 2.75) is 6.04 Å². The standard InChI is InChI=1S/C8H16N2O3/c1-13-5-8(12)10-7-3-9-2-6(7)4-11/h6-7,9,11H,2-5H2,1H3,(H,10,12). The number of methoxy groups -OCH3 is 1. The summed E-state index contributed by atoms with van der Waals surface area (Å²) in [6.07, 6.45) is 0. The van der Waals surface area contributed by atoms with Gasteiger partial charge in [-0.05, 0) is 0 Å². The monoisotopic (exact) mass is 188 g/mol. The topological polar surface area (TPSA) is 70.6 Å². The lowest BCUT2D eigenvalue weighted by Gasteiger charge is -2.17. The maximum absolute atomic E-state index is 11.1. The van der Waals surface area contributed by atoms with Gasteiger partial charge in [0.05, 0.1) is 0 Å². The molecule has 0 aromatic rings. The van der Waals surface area contributed by atoms with Crippen LogP contribution in [0.2, 0.25) is 0 Å². The Balaban J connectivity index is 2.30. The molecule has 1 saturated heterocycles. The highest BCUT2D eigenvalue weighted by atomic mass is 16.5. The van der Waals surface area contributed by atoms with Crippen molar-refractivity contribution in [1.82, 2.24) is 10.6 Å². The first-order chi connectivity index (χ1) is 6.27. The number of nitrogens with one attached hydrogen (secondary N) is 2. The van der Waals surface area contributed by atoms with Crippen molar-refractivity contribution in [2.75, 3.05) is 33.4 Å². The molecular formula is C8H16N2O3. The van der Waals surface area contributed by atoms with E-state index in [1.54, 1.807) is 0 Å². The van der Waals surface area contributed by atoms with Gasteiger partial charge in [-0.15, -0.1) is 0 Å². The summed E-state index contributed by atoms with van der Waals surface area (Å²) < 4.78 is 4.69. The van der Waals surface area contributed by atoms with Gasteiger partial charge >= 0.3 is 0 Å². The molecule has 0 aliphatic carbocycles. The fraction of sp³-hybridized carbons (Fsp3) is 0.875. The smallest absolute Gasteiger partial charge is 0.246 e. The molecule has 0 aromatic carbocycles.